The molecule has 180 valence electrons. The zero-order valence-corrected chi connectivity index (χ0v) is 22.3. The highest BCUT2D eigenvalue weighted by atomic mass is 32.1. The van der Waals surface area contributed by atoms with Crippen LogP contribution in [0.1, 0.15) is 85.8 Å². The van der Waals surface area contributed by atoms with Gasteiger partial charge in [0.05, 0.1) is 5.69 Å². The molecule has 1 unspecified atom stereocenters. The number of ether oxygens (including phenoxy) is 1. The number of thiol groups is 1. The molecule has 0 aliphatic carbocycles. The molecule has 0 spiro atoms. The van der Waals surface area contributed by atoms with Crippen LogP contribution in [0.5, 0.6) is 5.75 Å². The summed E-state index contributed by atoms with van der Waals surface area (Å²) in [5.74, 6) is 0.609. The third kappa shape index (κ3) is 6.63. The second kappa shape index (κ2) is 11.2. The van der Waals surface area contributed by atoms with Gasteiger partial charge in [0.15, 0.2) is 6.10 Å². The van der Waals surface area contributed by atoms with Gasteiger partial charge in [-0.15, -0.1) is 12.6 Å². The van der Waals surface area contributed by atoms with E-state index >= 15 is 0 Å². The Morgan fingerprint density at radius 3 is 2.27 bits per heavy atom. The van der Waals surface area contributed by atoms with Gasteiger partial charge in [0, 0.05) is 22.4 Å². The number of carbonyl (C=O) groups excluding carboxylic acids is 1. The number of hydrogen-bond donors (Lipinski definition) is 2. The van der Waals surface area contributed by atoms with Gasteiger partial charge in [-0.2, -0.15) is 0 Å². The van der Waals surface area contributed by atoms with Crippen LogP contribution in [-0.2, 0) is 15.6 Å². The highest BCUT2D eigenvalue weighted by Gasteiger charge is 2.28. The minimum Gasteiger partial charge on any atom is -0.480 e. The quantitative estimate of drug-likeness (QED) is 0.275. The van der Waals surface area contributed by atoms with E-state index < -0.39 is 6.10 Å². The van der Waals surface area contributed by atoms with Crippen LogP contribution in [0.25, 0.3) is 0 Å². The number of anilines is 1. The summed E-state index contributed by atoms with van der Waals surface area (Å²) >= 11 is 4.48. The van der Waals surface area contributed by atoms with Gasteiger partial charge < -0.3 is 10.1 Å². The number of nitrogens with one attached hydrogen (secondary N) is 1. The molecule has 1 amide bonds. The third-order valence-electron chi connectivity index (χ3n) is 6.70. The second-order valence-corrected chi connectivity index (χ2v) is 10.3. The maximum Gasteiger partial charge on any atom is 0.265 e. The van der Waals surface area contributed by atoms with E-state index in [-0.39, 0.29) is 16.7 Å². The van der Waals surface area contributed by atoms with E-state index in [4.69, 9.17) is 4.74 Å². The normalized spacial score (nSPS) is 13.2. The van der Waals surface area contributed by atoms with Crippen molar-refractivity contribution >= 4 is 36.1 Å². The molecular formula is C28H40N2O2S. The summed E-state index contributed by atoms with van der Waals surface area (Å²) in [6, 6.07) is 11.9. The van der Waals surface area contributed by atoms with Gasteiger partial charge in [-0.05, 0) is 66.8 Å². The van der Waals surface area contributed by atoms with Crippen LogP contribution in [0.15, 0.2) is 46.3 Å². The first-order chi connectivity index (χ1) is 15.5. The van der Waals surface area contributed by atoms with Crippen LogP contribution in [0.4, 0.5) is 11.4 Å². The van der Waals surface area contributed by atoms with Crippen LogP contribution in [-0.4, -0.2) is 18.2 Å². The lowest BCUT2D eigenvalue weighted by atomic mass is 9.76. The van der Waals surface area contributed by atoms with E-state index in [1.807, 2.05) is 38.1 Å². The number of benzene rings is 2. The Hall–Kier alpha value is -2.27. The zero-order chi connectivity index (χ0) is 24.8. The van der Waals surface area contributed by atoms with Crippen LogP contribution in [0.3, 0.4) is 0 Å². The lowest BCUT2D eigenvalue weighted by molar-refractivity contribution is -0.122. The average molecular weight is 469 g/mol. The molecule has 0 aliphatic rings. The predicted octanol–water partition coefficient (Wildman–Crippen LogP) is 7.87. The van der Waals surface area contributed by atoms with E-state index in [1.165, 1.54) is 5.56 Å². The van der Waals surface area contributed by atoms with Gasteiger partial charge in [0.25, 0.3) is 5.91 Å². The summed E-state index contributed by atoms with van der Waals surface area (Å²) in [5.41, 5.74) is 3.90. The number of hydrogen-bond acceptors (Lipinski definition) is 4. The highest BCUT2D eigenvalue weighted by molar-refractivity contribution is 7.80. The standard InChI is InChI=1S/C28H40N2O2S/c1-9-23(26(31)30-20-14-15-22(29-12-4)25(33)18-20)32-24-16-13-19(27(5,6)10-2)17-21(24)28(7,8)11-3/h12-18,23,33H,9-11H2,1-8H3,(H,30,31). The fourth-order valence-electron chi connectivity index (χ4n) is 3.52. The number of rotatable bonds is 10. The van der Waals surface area contributed by atoms with Gasteiger partial charge in [0.2, 0.25) is 0 Å². The van der Waals surface area contributed by atoms with Crippen molar-refractivity contribution in [3.63, 3.8) is 0 Å². The molecule has 0 saturated carbocycles. The van der Waals surface area contributed by atoms with E-state index in [9.17, 15) is 4.79 Å². The Kier molecular flexibility index (Phi) is 9.19. The molecule has 2 rings (SSSR count). The van der Waals surface area contributed by atoms with Crippen LogP contribution < -0.4 is 10.1 Å². The fourth-order valence-corrected chi connectivity index (χ4v) is 3.80. The molecule has 1 N–H and O–H groups in total. The lowest BCUT2D eigenvalue weighted by Gasteiger charge is -2.31. The first kappa shape index (κ1) is 27.0. The van der Waals surface area contributed by atoms with Crippen molar-refractivity contribution in [2.45, 2.75) is 96.5 Å². The molecule has 0 heterocycles. The van der Waals surface area contributed by atoms with Gasteiger partial charge >= 0.3 is 0 Å². The predicted molar refractivity (Wildman–Crippen MR) is 144 cm³/mol. The fraction of sp³-hybridized carbons (Fsp3) is 0.500. The largest absolute Gasteiger partial charge is 0.480 e. The Bertz CT molecular complexity index is 995. The van der Waals surface area contributed by atoms with Crippen molar-refractivity contribution in [2.75, 3.05) is 5.32 Å². The molecule has 0 saturated heterocycles. The number of nitrogens with zero attached hydrogens (tertiary/aromatic N) is 1. The molecule has 1 atom stereocenters. The Morgan fingerprint density at radius 1 is 1.06 bits per heavy atom. The van der Waals surface area contributed by atoms with Crippen molar-refractivity contribution in [2.24, 2.45) is 4.99 Å². The maximum atomic E-state index is 13.1. The van der Waals surface area contributed by atoms with E-state index in [2.05, 4.69) is 76.6 Å². The van der Waals surface area contributed by atoms with E-state index in [1.54, 1.807) is 6.21 Å². The number of amides is 1. The molecule has 0 fully saturated rings. The van der Waals surface area contributed by atoms with Gasteiger partial charge in [-0.25, -0.2) is 0 Å². The number of aliphatic imine (C=N–C) groups is 1. The summed E-state index contributed by atoms with van der Waals surface area (Å²) in [5, 5.41) is 2.98. The van der Waals surface area contributed by atoms with E-state index in [0.29, 0.717) is 17.0 Å². The molecule has 0 bridgehead atoms. The Morgan fingerprint density at radius 2 is 1.73 bits per heavy atom. The average Bonchev–Trinajstić information content (AvgIpc) is 2.79. The van der Waals surface area contributed by atoms with Crippen LogP contribution in [0.2, 0.25) is 0 Å². The van der Waals surface area contributed by atoms with Gasteiger partial charge in [0.1, 0.15) is 5.75 Å². The summed E-state index contributed by atoms with van der Waals surface area (Å²) in [4.78, 5) is 18.1. The highest BCUT2D eigenvalue weighted by Crippen LogP contribution is 2.39. The minimum absolute atomic E-state index is 0.0690. The molecule has 4 nitrogen and oxygen atoms in total. The molecule has 0 aromatic heterocycles. The Balaban J connectivity index is 2.33. The van der Waals surface area contributed by atoms with Gasteiger partial charge in [-0.1, -0.05) is 60.6 Å². The molecule has 2 aromatic carbocycles. The van der Waals surface area contributed by atoms with Crippen LogP contribution >= 0.6 is 12.6 Å². The zero-order valence-electron chi connectivity index (χ0n) is 21.5. The molecule has 0 aliphatic heterocycles. The summed E-state index contributed by atoms with van der Waals surface area (Å²) in [7, 11) is 0. The van der Waals surface area contributed by atoms with Gasteiger partial charge in [-0.3, -0.25) is 9.79 Å². The molecule has 0 radical (unpaired) electrons. The van der Waals surface area contributed by atoms with E-state index in [0.717, 1.165) is 29.8 Å². The minimum atomic E-state index is -0.599. The first-order valence-corrected chi connectivity index (χ1v) is 12.4. The van der Waals surface area contributed by atoms with Crippen molar-refractivity contribution in [3.05, 3.63) is 47.5 Å². The SMILES string of the molecule is CC=Nc1ccc(NC(=O)C(CC)Oc2ccc(C(C)(C)CC)cc2C(C)(C)CC)cc1S. The number of carbonyl (C=O) groups is 1. The van der Waals surface area contributed by atoms with Crippen molar-refractivity contribution in [1.29, 1.82) is 0 Å². The van der Waals surface area contributed by atoms with Crippen molar-refractivity contribution in [1.82, 2.24) is 0 Å². The van der Waals surface area contributed by atoms with Crippen molar-refractivity contribution in [3.8, 4) is 5.75 Å². The molecule has 5 heteroatoms. The summed E-state index contributed by atoms with van der Waals surface area (Å²) in [6.07, 6.45) is 3.70. The second-order valence-electron chi connectivity index (χ2n) is 9.78. The summed E-state index contributed by atoms with van der Waals surface area (Å²) in [6.45, 7) is 17.2. The third-order valence-corrected chi connectivity index (χ3v) is 7.06. The molecule has 2 aromatic rings. The van der Waals surface area contributed by atoms with Crippen molar-refractivity contribution < 1.29 is 9.53 Å². The van der Waals surface area contributed by atoms with Crippen LogP contribution in [0, 0.1) is 0 Å². The first-order valence-electron chi connectivity index (χ1n) is 11.9. The summed E-state index contributed by atoms with van der Waals surface area (Å²) < 4.78 is 6.36. The molecular weight excluding hydrogens is 428 g/mol. The lowest BCUT2D eigenvalue weighted by Crippen LogP contribution is -2.33. The molecule has 33 heavy (non-hydrogen) atoms. The monoisotopic (exact) mass is 468 g/mol. The topological polar surface area (TPSA) is 50.7 Å². The Labute approximate surface area is 205 Å². The maximum absolute atomic E-state index is 13.1. The smallest absolute Gasteiger partial charge is 0.265 e.